The summed E-state index contributed by atoms with van der Waals surface area (Å²) in [5.41, 5.74) is 6.88. The van der Waals surface area contributed by atoms with Crippen molar-refractivity contribution in [3.63, 3.8) is 0 Å². The zero-order valence-electron chi connectivity index (χ0n) is 18.8. The molecule has 1 aromatic carbocycles. The quantitative estimate of drug-likeness (QED) is 0.375. The number of aromatic nitrogens is 2. The first-order valence-electron chi connectivity index (χ1n) is 10.1. The molecular formula is C23H29N5O4. The number of nitrogens with zero attached hydrogens (tertiary/aromatic N) is 3. The maximum atomic E-state index is 12.0. The minimum Gasteiger partial charge on any atom is -0.380 e. The van der Waals surface area contributed by atoms with Gasteiger partial charge in [-0.1, -0.05) is 24.0 Å². The average Bonchev–Trinajstić information content (AvgIpc) is 2.79. The van der Waals surface area contributed by atoms with Crippen molar-refractivity contribution in [1.82, 2.24) is 14.9 Å². The van der Waals surface area contributed by atoms with Crippen molar-refractivity contribution < 1.29 is 19.4 Å². The number of amides is 2. The number of nitrogens with two attached hydrogens (primary N) is 1. The molecule has 2 aromatic rings. The molecule has 9 nitrogen and oxygen atoms in total. The number of rotatable bonds is 10. The van der Waals surface area contributed by atoms with E-state index in [2.05, 4.69) is 27.1 Å². The first-order valence-corrected chi connectivity index (χ1v) is 10.1. The van der Waals surface area contributed by atoms with E-state index >= 15 is 0 Å². The lowest BCUT2D eigenvalue weighted by atomic mass is 10.1. The number of ether oxygens (including phenoxy) is 1. The van der Waals surface area contributed by atoms with Gasteiger partial charge in [0.25, 0.3) is 5.91 Å². The van der Waals surface area contributed by atoms with E-state index in [4.69, 9.17) is 10.5 Å². The second-order valence-electron chi connectivity index (χ2n) is 7.88. The van der Waals surface area contributed by atoms with Gasteiger partial charge in [0.15, 0.2) is 11.5 Å². The van der Waals surface area contributed by atoms with Crippen molar-refractivity contribution in [2.45, 2.75) is 32.0 Å². The third-order valence-corrected chi connectivity index (χ3v) is 4.72. The fraction of sp³-hybridized carbons (Fsp3) is 0.391. The van der Waals surface area contributed by atoms with Crippen LogP contribution >= 0.6 is 0 Å². The summed E-state index contributed by atoms with van der Waals surface area (Å²) < 4.78 is 5.37. The van der Waals surface area contributed by atoms with Crippen molar-refractivity contribution in [3.8, 4) is 23.2 Å². The molecule has 1 heterocycles. The van der Waals surface area contributed by atoms with Gasteiger partial charge in [0.2, 0.25) is 6.41 Å². The smallest absolute Gasteiger partial charge is 0.269 e. The molecule has 0 aliphatic carbocycles. The maximum absolute atomic E-state index is 12.0. The number of hydrogen-bond donors (Lipinski definition) is 3. The molecular weight excluding hydrogens is 410 g/mol. The summed E-state index contributed by atoms with van der Waals surface area (Å²) in [6.07, 6.45) is 1.70. The van der Waals surface area contributed by atoms with Gasteiger partial charge in [-0.25, -0.2) is 9.97 Å². The lowest BCUT2D eigenvalue weighted by Gasteiger charge is -2.24. The van der Waals surface area contributed by atoms with Crippen LogP contribution in [0.15, 0.2) is 30.5 Å². The van der Waals surface area contributed by atoms with Gasteiger partial charge in [-0.15, -0.1) is 0 Å². The van der Waals surface area contributed by atoms with Crippen molar-refractivity contribution >= 4 is 18.0 Å². The normalized spacial score (nSPS) is 11.8. The second-order valence-corrected chi connectivity index (χ2v) is 7.88. The van der Waals surface area contributed by atoms with Gasteiger partial charge in [0, 0.05) is 44.8 Å². The Balaban J connectivity index is 2.22. The second kappa shape index (κ2) is 11.2. The number of methoxy groups -OCH3 is 1. The third kappa shape index (κ3) is 7.34. The molecule has 2 amide bonds. The Kier molecular flexibility index (Phi) is 8.70. The molecule has 1 atom stereocenters. The molecule has 4 N–H and O–H groups in total. The Morgan fingerprint density at radius 1 is 1.44 bits per heavy atom. The number of aliphatic hydroxyl groups is 1. The lowest BCUT2D eigenvalue weighted by Crippen LogP contribution is -2.33. The molecule has 170 valence electrons. The molecule has 0 aliphatic rings. The van der Waals surface area contributed by atoms with E-state index in [0.29, 0.717) is 48.6 Å². The van der Waals surface area contributed by atoms with Crippen LogP contribution in [0.25, 0.3) is 11.4 Å². The first-order chi connectivity index (χ1) is 15.1. The van der Waals surface area contributed by atoms with Gasteiger partial charge in [-0.05, 0) is 26.0 Å². The largest absolute Gasteiger partial charge is 0.380 e. The number of hydrogen-bond acceptors (Lipinski definition) is 7. The van der Waals surface area contributed by atoms with Crippen LogP contribution in [0.3, 0.4) is 0 Å². The van der Waals surface area contributed by atoms with Crippen LogP contribution in [-0.4, -0.2) is 71.2 Å². The molecule has 9 heteroatoms. The molecule has 1 aromatic heterocycles. The van der Waals surface area contributed by atoms with Gasteiger partial charge in [0.05, 0.1) is 17.5 Å². The SMILES string of the molecule is COC(C)(C)CNc1cnc(-c2cccc(C#CC(O)CCN(C)C=O)c2)nc1C(N)=O. The highest BCUT2D eigenvalue weighted by atomic mass is 16.5. The van der Waals surface area contributed by atoms with E-state index in [1.54, 1.807) is 38.4 Å². The van der Waals surface area contributed by atoms with Gasteiger partial charge in [0.1, 0.15) is 6.10 Å². The molecule has 0 saturated carbocycles. The fourth-order valence-corrected chi connectivity index (χ4v) is 2.57. The molecule has 1 unspecified atom stereocenters. The molecule has 2 rings (SSSR count). The Hall–Kier alpha value is -3.48. The Bertz CT molecular complexity index is 1010. The predicted octanol–water partition coefficient (Wildman–Crippen LogP) is 1.27. The molecule has 0 bridgehead atoms. The van der Waals surface area contributed by atoms with Gasteiger partial charge >= 0.3 is 0 Å². The minimum atomic E-state index is -0.861. The zero-order chi connectivity index (χ0) is 23.7. The van der Waals surface area contributed by atoms with E-state index in [1.807, 2.05) is 13.8 Å². The van der Waals surface area contributed by atoms with Gasteiger partial charge in [-0.2, -0.15) is 0 Å². The van der Waals surface area contributed by atoms with Gasteiger partial charge in [-0.3, -0.25) is 9.59 Å². The zero-order valence-corrected chi connectivity index (χ0v) is 18.8. The number of carbonyl (C=O) groups excluding carboxylic acids is 2. The maximum Gasteiger partial charge on any atom is 0.269 e. The van der Waals surface area contributed by atoms with Crippen LogP contribution in [-0.2, 0) is 9.53 Å². The van der Waals surface area contributed by atoms with Crippen LogP contribution in [0.2, 0.25) is 0 Å². The number of nitrogens with one attached hydrogen (secondary N) is 1. The molecule has 0 aliphatic heterocycles. The van der Waals surface area contributed by atoms with Crippen LogP contribution in [0.1, 0.15) is 36.3 Å². The van der Waals surface area contributed by atoms with Crippen LogP contribution in [0.4, 0.5) is 5.69 Å². The molecule has 32 heavy (non-hydrogen) atoms. The Labute approximate surface area is 188 Å². The van der Waals surface area contributed by atoms with Crippen molar-refractivity contribution in [3.05, 3.63) is 41.7 Å². The van der Waals surface area contributed by atoms with Crippen LogP contribution < -0.4 is 11.1 Å². The molecule has 0 radical (unpaired) electrons. The van der Waals surface area contributed by atoms with E-state index < -0.39 is 17.6 Å². The highest BCUT2D eigenvalue weighted by Crippen LogP contribution is 2.21. The topological polar surface area (TPSA) is 131 Å². The highest BCUT2D eigenvalue weighted by molar-refractivity contribution is 5.96. The van der Waals surface area contributed by atoms with E-state index in [9.17, 15) is 14.7 Å². The minimum absolute atomic E-state index is 0.0770. The number of primary amides is 1. The summed E-state index contributed by atoms with van der Waals surface area (Å²) >= 11 is 0. The number of benzene rings is 1. The Morgan fingerprint density at radius 3 is 2.84 bits per heavy atom. The average molecular weight is 440 g/mol. The van der Waals surface area contributed by atoms with Crippen molar-refractivity contribution in [1.29, 1.82) is 0 Å². The molecule has 0 fully saturated rings. The lowest BCUT2D eigenvalue weighted by molar-refractivity contribution is -0.117. The monoisotopic (exact) mass is 439 g/mol. The highest BCUT2D eigenvalue weighted by Gasteiger charge is 2.19. The van der Waals surface area contributed by atoms with Gasteiger partial charge < -0.3 is 25.8 Å². The summed E-state index contributed by atoms with van der Waals surface area (Å²) in [5, 5.41) is 13.1. The summed E-state index contributed by atoms with van der Waals surface area (Å²) in [6.45, 7) is 4.65. The van der Waals surface area contributed by atoms with E-state index in [0.717, 1.165) is 0 Å². The summed E-state index contributed by atoms with van der Waals surface area (Å²) in [7, 11) is 3.24. The predicted molar refractivity (Wildman–Crippen MR) is 122 cm³/mol. The summed E-state index contributed by atoms with van der Waals surface area (Å²) in [6, 6.07) is 7.13. The standard InChI is InChI=1S/C23H29N5O4/c1-23(2,32-4)14-26-19-13-25-22(27-20(19)21(24)31)17-7-5-6-16(12-17)8-9-18(30)10-11-28(3)15-29/h5-7,12-13,15,18,26,30H,10-11,14H2,1-4H3,(H2,24,31). The first kappa shape index (κ1) is 24.8. The van der Waals surface area contributed by atoms with Crippen molar-refractivity contribution in [2.75, 3.05) is 32.6 Å². The van der Waals surface area contributed by atoms with E-state index in [-0.39, 0.29) is 5.69 Å². The third-order valence-electron chi connectivity index (χ3n) is 4.72. The molecule has 0 saturated heterocycles. The summed E-state index contributed by atoms with van der Waals surface area (Å²) in [4.78, 5) is 32.7. The summed E-state index contributed by atoms with van der Waals surface area (Å²) in [5.74, 6) is 5.32. The number of anilines is 1. The number of carbonyl (C=O) groups is 2. The van der Waals surface area contributed by atoms with Crippen LogP contribution in [0, 0.1) is 11.8 Å². The Morgan fingerprint density at radius 2 is 2.19 bits per heavy atom. The van der Waals surface area contributed by atoms with Crippen molar-refractivity contribution in [2.24, 2.45) is 5.73 Å². The number of aliphatic hydroxyl groups excluding tert-OH is 1. The van der Waals surface area contributed by atoms with E-state index in [1.165, 1.54) is 11.1 Å². The molecule has 0 spiro atoms. The fourth-order valence-electron chi connectivity index (χ4n) is 2.57. The van der Waals surface area contributed by atoms with Crippen LogP contribution in [0.5, 0.6) is 0 Å².